The van der Waals surface area contributed by atoms with Gasteiger partial charge in [-0.3, -0.25) is 0 Å². The van der Waals surface area contributed by atoms with Crippen molar-refractivity contribution in [3.63, 3.8) is 0 Å². The Kier molecular flexibility index (Phi) is 3.67. The number of hydrogen-bond donors (Lipinski definition) is 1. The van der Waals surface area contributed by atoms with Gasteiger partial charge in [0.25, 0.3) is 0 Å². The van der Waals surface area contributed by atoms with Gasteiger partial charge in [-0.25, -0.2) is 4.39 Å². The largest absolute Gasteiger partial charge is 0.377 e. The summed E-state index contributed by atoms with van der Waals surface area (Å²) in [5.41, 5.74) is 2.79. The van der Waals surface area contributed by atoms with Crippen LogP contribution in [-0.4, -0.2) is 0 Å². The number of rotatable bonds is 2. The van der Waals surface area contributed by atoms with Crippen LogP contribution in [0.5, 0.6) is 0 Å². The highest BCUT2D eigenvalue weighted by Crippen LogP contribution is 2.36. The fourth-order valence-electron chi connectivity index (χ4n) is 2.55. The van der Waals surface area contributed by atoms with Gasteiger partial charge in [0, 0.05) is 3.57 Å². The molecule has 0 aromatic heterocycles. The van der Waals surface area contributed by atoms with Crippen LogP contribution in [0, 0.1) is 9.39 Å². The number of hydrogen-bond acceptors (Lipinski definition) is 1. The SMILES string of the molecule is Fc1cccc2c1CCC2Nc1ccc(I)cc1Cl. The highest BCUT2D eigenvalue weighted by molar-refractivity contribution is 14.1. The molecule has 1 N–H and O–H groups in total. The number of anilines is 1. The molecule has 0 saturated carbocycles. The van der Waals surface area contributed by atoms with Crippen molar-refractivity contribution in [3.8, 4) is 0 Å². The van der Waals surface area contributed by atoms with E-state index in [1.165, 1.54) is 6.07 Å². The van der Waals surface area contributed by atoms with Crippen LogP contribution in [0.3, 0.4) is 0 Å². The Balaban J connectivity index is 1.89. The Hall–Kier alpha value is -0.810. The molecule has 1 aliphatic rings. The summed E-state index contributed by atoms with van der Waals surface area (Å²) in [5, 5.41) is 4.12. The van der Waals surface area contributed by atoms with Crippen LogP contribution < -0.4 is 5.32 Å². The van der Waals surface area contributed by atoms with Gasteiger partial charge in [-0.15, -0.1) is 0 Å². The lowest BCUT2D eigenvalue weighted by atomic mass is 10.1. The van der Waals surface area contributed by atoms with E-state index in [1.807, 2.05) is 24.3 Å². The van der Waals surface area contributed by atoms with Crippen molar-refractivity contribution < 1.29 is 4.39 Å². The minimum Gasteiger partial charge on any atom is -0.377 e. The fourth-order valence-corrected chi connectivity index (χ4v) is 3.46. The number of fused-ring (bicyclic) bond motifs is 1. The third-order valence-electron chi connectivity index (χ3n) is 3.47. The molecular weight excluding hydrogens is 376 g/mol. The first-order chi connectivity index (χ1) is 9.15. The quantitative estimate of drug-likeness (QED) is 0.700. The molecule has 0 radical (unpaired) electrons. The second kappa shape index (κ2) is 5.29. The van der Waals surface area contributed by atoms with Crippen molar-refractivity contribution in [3.05, 3.63) is 61.9 Å². The molecule has 0 spiro atoms. The smallest absolute Gasteiger partial charge is 0.126 e. The van der Waals surface area contributed by atoms with E-state index in [0.717, 1.165) is 33.2 Å². The minimum atomic E-state index is -0.101. The molecule has 0 saturated heterocycles. The maximum atomic E-state index is 13.7. The molecule has 1 nitrogen and oxygen atoms in total. The summed E-state index contributed by atoms with van der Waals surface area (Å²) < 4.78 is 14.8. The molecule has 0 fully saturated rings. The van der Waals surface area contributed by atoms with E-state index >= 15 is 0 Å². The molecule has 19 heavy (non-hydrogen) atoms. The monoisotopic (exact) mass is 387 g/mol. The van der Waals surface area contributed by atoms with Crippen LogP contribution in [0.15, 0.2) is 36.4 Å². The summed E-state index contributed by atoms with van der Waals surface area (Å²) in [6.07, 6.45) is 1.68. The van der Waals surface area contributed by atoms with Crippen molar-refractivity contribution in [1.29, 1.82) is 0 Å². The Labute approximate surface area is 130 Å². The van der Waals surface area contributed by atoms with Crippen LogP contribution in [-0.2, 0) is 6.42 Å². The van der Waals surface area contributed by atoms with Crippen LogP contribution in [0.2, 0.25) is 5.02 Å². The first-order valence-electron chi connectivity index (χ1n) is 6.14. The van der Waals surface area contributed by atoms with Gasteiger partial charge in [0.05, 0.1) is 16.8 Å². The van der Waals surface area contributed by atoms with Crippen molar-refractivity contribution in [1.82, 2.24) is 0 Å². The van der Waals surface area contributed by atoms with E-state index in [9.17, 15) is 4.39 Å². The predicted molar refractivity (Wildman–Crippen MR) is 85.3 cm³/mol. The Morgan fingerprint density at radius 3 is 2.89 bits per heavy atom. The molecule has 4 heteroatoms. The highest BCUT2D eigenvalue weighted by Gasteiger charge is 2.25. The third kappa shape index (κ3) is 2.58. The van der Waals surface area contributed by atoms with E-state index in [0.29, 0.717) is 5.02 Å². The Morgan fingerprint density at radius 2 is 2.11 bits per heavy atom. The first kappa shape index (κ1) is 13.2. The maximum Gasteiger partial charge on any atom is 0.126 e. The lowest BCUT2D eigenvalue weighted by Gasteiger charge is -2.17. The topological polar surface area (TPSA) is 12.0 Å². The molecular formula is C15H12ClFIN. The average molecular weight is 388 g/mol. The van der Waals surface area contributed by atoms with Crippen LogP contribution in [0.4, 0.5) is 10.1 Å². The van der Waals surface area contributed by atoms with E-state index in [4.69, 9.17) is 11.6 Å². The number of halogens is 3. The van der Waals surface area contributed by atoms with Crippen LogP contribution >= 0.6 is 34.2 Å². The van der Waals surface area contributed by atoms with Gasteiger partial charge in [0.15, 0.2) is 0 Å². The van der Waals surface area contributed by atoms with Gasteiger partial charge in [-0.1, -0.05) is 23.7 Å². The fraction of sp³-hybridized carbons (Fsp3) is 0.200. The standard InChI is InChI=1S/C15H12ClFIN/c16-12-8-9(18)4-6-15(12)19-14-7-5-10-11(14)2-1-3-13(10)17/h1-4,6,8,14,19H,5,7H2. The zero-order valence-corrected chi connectivity index (χ0v) is 13.0. The Bertz CT molecular complexity index is 630. The molecule has 0 amide bonds. The number of benzene rings is 2. The highest BCUT2D eigenvalue weighted by atomic mass is 127. The molecule has 0 aliphatic heterocycles. The first-order valence-corrected chi connectivity index (χ1v) is 7.59. The van der Waals surface area contributed by atoms with Gasteiger partial charge in [0.2, 0.25) is 0 Å². The lowest BCUT2D eigenvalue weighted by molar-refractivity contribution is 0.612. The zero-order chi connectivity index (χ0) is 13.4. The van der Waals surface area contributed by atoms with Gasteiger partial charge >= 0.3 is 0 Å². The molecule has 1 aliphatic carbocycles. The summed E-state index contributed by atoms with van der Waals surface area (Å²) in [4.78, 5) is 0. The predicted octanol–water partition coefficient (Wildman–Crippen LogP) is 5.18. The summed E-state index contributed by atoms with van der Waals surface area (Å²) >= 11 is 8.45. The third-order valence-corrected chi connectivity index (χ3v) is 4.46. The second-order valence-electron chi connectivity index (χ2n) is 4.67. The van der Waals surface area contributed by atoms with Gasteiger partial charge in [0.1, 0.15) is 5.82 Å². The van der Waals surface area contributed by atoms with Gasteiger partial charge in [-0.2, -0.15) is 0 Å². The average Bonchev–Trinajstić information content (AvgIpc) is 2.78. The van der Waals surface area contributed by atoms with Crippen LogP contribution in [0.1, 0.15) is 23.6 Å². The summed E-state index contributed by atoms with van der Waals surface area (Å²) in [7, 11) is 0. The number of nitrogens with one attached hydrogen (secondary N) is 1. The molecule has 0 bridgehead atoms. The molecule has 1 unspecified atom stereocenters. The molecule has 2 aromatic carbocycles. The van der Waals surface area contributed by atoms with E-state index in [1.54, 1.807) is 6.07 Å². The summed E-state index contributed by atoms with van der Waals surface area (Å²) in [6, 6.07) is 11.3. The van der Waals surface area contributed by atoms with E-state index in [-0.39, 0.29) is 11.9 Å². The van der Waals surface area contributed by atoms with Crippen molar-refractivity contribution in [2.75, 3.05) is 5.32 Å². The maximum absolute atomic E-state index is 13.7. The van der Waals surface area contributed by atoms with Crippen molar-refractivity contribution in [2.24, 2.45) is 0 Å². The Morgan fingerprint density at radius 1 is 1.26 bits per heavy atom. The lowest BCUT2D eigenvalue weighted by Crippen LogP contribution is -2.07. The van der Waals surface area contributed by atoms with E-state index < -0.39 is 0 Å². The zero-order valence-electron chi connectivity index (χ0n) is 10.1. The van der Waals surface area contributed by atoms with E-state index in [2.05, 4.69) is 27.9 Å². The second-order valence-corrected chi connectivity index (χ2v) is 6.32. The van der Waals surface area contributed by atoms with Crippen molar-refractivity contribution >= 4 is 39.9 Å². The van der Waals surface area contributed by atoms with Gasteiger partial charge in [-0.05, 0) is 70.8 Å². The normalized spacial score (nSPS) is 17.3. The molecule has 3 rings (SSSR count). The molecule has 98 valence electrons. The van der Waals surface area contributed by atoms with Gasteiger partial charge < -0.3 is 5.32 Å². The summed E-state index contributed by atoms with van der Waals surface area (Å²) in [6.45, 7) is 0. The van der Waals surface area contributed by atoms with Crippen LogP contribution in [0.25, 0.3) is 0 Å². The molecule has 2 aromatic rings. The van der Waals surface area contributed by atoms with Crippen molar-refractivity contribution in [2.45, 2.75) is 18.9 Å². The minimum absolute atomic E-state index is 0.101. The molecule has 0 heterocycles. The molecule has 1 atom stereocenters. The summed E-state index contributed by atoms with van der Waals surface area (Å²) in [5.74, 6) is -0.101.